The Kier molecular flexibility index (Phi) is 6.40. The molecule has 0 amide bonds. The molecule has 0 aliphatic carbocycles. The predicted molar refractivity (Wildman–Crippen MR) is 103 cm³/mol. The fraction of sp³-hybridized carbons (Fsp3) is 0.273. The highest BCUT2D eigenvalue weighted by molar-refractivity contribution is 5.81. The second kappa shape index (κ2) is 8.54. The molecule has 0 spiro atoms. The van der Waals surface area contributed by atoms with Crippen LogP contribution in [0.3, 0.4) is 0 Å². The van der Waals surface area contributed by atoms with Gasteiger partial charge in [-0.25, -0.2) is 4.79 Å². The first-order valence-corrected chi connectivity index (χ1v) is 8.61. The Balaban J connectivity index is 2.11. The van der Waals surface area contributed by atoms with Crippen molar-refractivity contribution >= 4 is 11.9 Å². The summed E-state index contributed by atoms with van der Waals surface area (Å²) < 4.78 is 15.6. The van der Waals surface area contributed by atoms with Crippen molar-refractivity contribution < 1.29 is 23.8 Å². The summed E-state index contributed by atoms with van der Waals surface area (Å²) in [5, 5.41) is 0. The summed E-state index contributed by atoms with van der Waals surface area (Å²) in [5.74, 6) is 0.251. The van der Waals surface area contributed by atoms with Gasteiger partial charge in [-0.1, -0.05) is 44.7 Å². The summed E-state index contributed by atoms with van der Waals surface area (Å²) >= 11 is 0. The predicted octanol–water partition coefficient (Wildman–Crippen LogP) is 4.39. The molecule has 0 bridgehead atoms. The Hall–Kier alpha value is -3.08. The molecule has 2 aromatic carbocycles. The van der Waals surface area contributed by atoms with E-state index in [1.807, 2.05) is 36.4 Å². The molecule has 2 rings (SSSR count). The monoisotopic (exact) mass is 368 g/mol. The lowest BCUT2D eigenvalue weighted by atomic mass is 9.78. The van der Waals surface area contributed by atoms with Gasteiger partial charge in [-0.3, -0.25) is 4.79 Å². The molecular formula is C22H24O5. The number of benzene rings is 2. The van der Waals surface area contributed by atoms with E-state index in [2.05, 4.69) is 20.4 Å². The molecule has 0 fully saturated rings. The number of ether oxygens (including phenoxy) is 3. The average Bonchev–Trinajstić information content (AvgIpc) is 2.62. The maximum Gasteiger partial charge on any atom is 0.333 e. The number of carbonyl (C=O) groups excluding carboxylic acids is 2. The fourth-order valence-corrected chi connectivity index (χ4v) is 2.65. The van der Waals surface area contributed by atoms with E-state index in [9.17, 15) is 9.59 Å². The van der Waals surface area contributed by atoms with Crippen molar-refractivity contribution in [3.8, 4) is 11.5 Å². The number of esters is 2. The van der Waals surface area contributed by atoms with Crippen LogP contribution in [0.2, 0.25) is 0 Å². The molecule has 5 heteroatoms. The van der Waals surface area contributed by atoms with Crippen molar-refractivity contribution in [2.45, 2.75) is 39.4 Å². The van der Waals surface area contributed by atoms with Crippen LogP contribution in [0.25, 0.3) is 0 Å². The van der Waals surface area contributed by atoms with Gasteiger partial charge in [0.25, 0.3) is 0 Å². The summed E-state index contributed by atoms with van der Waals surface area (Å²) in [6.07, 6.45) is 0.390. The third kappa shape index (κ3) is 5.45. The first-order valence-electron chi connectivity index (χ1n) is 8.61. The molecule has 5 nitrogen and oxygen atoms in total. The summed E-state index contributed by atoms with van der Waals surface area (Å²) in [7, 11) is 0. The van der Waals surface area contributed by atoms with E-state index in [4.69, 9.17) is 14.2 Å². The summed E-state index contributed by atoms with van der Waals surface area (Å²) in [4.78, 5) is 22.2. The van der Waals surface area contributed by atoms with Crippen molar-refractivity contribution in [2.75, 3.05) is 0 Å². The number of carbonyl (C=O) groups is 2. The highest BCUT2D eigenvalue weighted by Gasteiger charge is 2.23. The van der Waals surface area contributed by atoms with E-state index in [1.165, 1.54) is 6.92 Å². The normalized spacial score (nSPS) is 12.0. The second-order valence-corrected chi connectivity index (χ2v) is 6.59. The van der Waals surface area contributed by atoms with Gasteiger partial charge in [-0.05, 0) is 35.4 Å². The third-order valence-corrected chi connectivity index (χ3v) is 4.16. The van der Waals surface area contributed by atoms with E-state index < -0.39 is 12.3 Å². The largest absolute Gasteiger partial charge is 0.455 e. The molecule has 0 aliphatic heterocycles. The van der Waals surface area contributed by atoms with Gasteiger partial charge in [-0.2, -0.15) is 0 Å². The van der Waals surface area contributed by atoms with Gasteiger partial charge < -0.3 is 14.2 Å². The standard InChI is InChI=1S/C22H24O5/c1-6-21(24)27-16(3)26-20-13-9-18(10-14-20)22(4,5)17-7-11-19(12-8-17)25-15(2)23/h6-14,16H,1H2,2-5H3. The molecule has 0 saturated carbocycles. The molecule has 0 aliphatic rings. The molecule has 1 atom stereocenters. The smallest absolute Gasteiger partial charge is 0.333 e. The quantitative estimate of drug-likeness (QED) is 0.314. The van der Waals surface area contributed by atoms with E-state index in [-0.39, 0.29) is 11.4 Å². The van der Waals surface area contributed by atoms with Crippen molar-refractivity contribution in [2.24, 2.45) is 0 Å². The summed E-state index contributed by atoms with van der Waals surface area (Å²) in [5.41, 5.74) is 1.92. The fourth-order valence-electron chi connectivity index (χ4n) is 2.65. The Morgan fingerprint density at radius 3 is 1.89 bits per heavy atom. The minimum atomic E-state index is -0.705. The lowest BCUT2D eigenvalue weighted by Gasteiger charge is -2.26. The van der Waals surface area contributed by atoms with Gasteiger partial charge in [0.2, 0.25) is 6.29 Å². The van der Waals surface area contributed by atoms with Gasteiger partial charge in [0.15, 0.2) is 0 Å². The van der Waals surface area contributed by atoms with Crippen molar-refractivity contribution in [1.29, 1.82) is 0 Å². The average molecular weight is 368 g/mol. The Morgan fingerprint density at radius 2 is 1.44 bits per heavy atom. The minimum Gasteiger partial charge on any atom is -0.455 e. The van der Waals surface area contributed by atoms with E-state index in [1.54, 1.807) is 19.1 Å². The van der Waals surface area contributed by atoms with Crippen LogP contribution in [-0.4, -0.2) is 18.2 Å². The van der Waals surface area contributed by atoms with E-state index in [0.29, 0.717) is 11.5 Å². The Bertz CT molecular complexity index is 804. The van der Waals surface area contributed by atoms with Crippen LogP contribution in [0, 0.1) is 0 Å². The zero-order valence-electron chi connectivity index (χ0n) is 16.0. The van der Waals surface area contributed by atoms with Crippen molar-refractivity contribution in [3.05, 3.63) is 72.3 Å². The lowest BCUT2D eigenvalue weighted by molar-refractivity contribution is -0.155. The molecule has 0 radical (unpaired) electrons. The zero-order valence-corrected chi connectivity index (χ0v) is 16.0. The number of rotatable bonds is 7. The second-order valence-electron chi connectivity index (χ2n) is 6.59. The van der Waals surface area contributed by atoms with Crippen LogP contribution >= 0.6 is 0 Å². The van der Waals surface area contributed by atoms with Gasteiger partial charge in [0.05, 0.1) is 0 Å². The van der Waals surface area contributed by atoms with Crippen molar-refractivity contribution in [3.63, 3.8) is 0 Å². The van der Waals surface area contributed by atoms with Crippen LogP contribution in [0.1, 0.15) is 38.8 Å². The molecule has 1 unspecified atom stereocenters. The van der Waals surface area contributed by atoms with Gasteiger partial charge in [0, 0.05) is 25.3 Å². The minimum absolute atomic E-state index is 0.256. The van der Waals surface area contributed by atoms with E-state index in [0.717, 1.165) is 17.2 Å². The summed E-state index contributed by atoms with van der Waals surface area (Å²) in [6, 6.07) is 15.1. The zero-order chi connectivity index (χ0) is 20.0. The molecule has 0 saturated heterocycles. The molecule has 2 aromatic rings. The van der Waals surface area contributed by atoms with Crippen LogP contribution in [0.15, 0.2) is 61.2 Å². The van der Waals surface area contributed by atoms with Crippen LogP contribution in [0.5, 0.6) is 11.5 Å². The van der Waals surface area contributed by atoms with Gasteiger partial charge in [0.1, 0.15) is 11.5 Å². The molecule has 142 valence electrons. The molecule has 0 aromatic heterocycles. The van der Waals surface area contributed by atoms with Crippen LogP contribution < -0.4 is 9.47 Å². The lowest BCUT2D eigenvalue weighted by Crippen LogP contribution is -2.20. The first kappa shape index (κ1) is 20.2. The van der Waals surface area contributed by atoms with Gasteiger partial charge >= 0.3 is 11.9 Å². The highest BCUT2D eigenvalue weighted by atomic mass is 16.7. The third-order valence-electron chi connectivity index (χ3n) is 4.16. The van der Waals surface area contributed by atoms with Crippen LogP contribution in [0.4, 0.5) is 0 Å². The Labute approximate surface area is 159 Å². The molecular weight excluding hydrogens is 344 g/mol. The van der Waals surface area contributed by atoms with E-state index >= 15 is 0 Å². The first-order chi connectivity index (χ1) is 12.7. The SMILES string of the molecule is C=CC(=O)OC(C)Oc1ccc(C(C)(C)c2ccc(OC(C)=O)cc2)cc1. The molecule has 0 N–H and O–H groups in total. The number of hydrogen-bond donors (Lipinski definition) is 0. The molecule has 27 heavy (non-hydrogen) atoms. The Morgan fingerprint density at radius 1 is 0.963 bits per heavy atom. The maximum absolute atomic E-state index is 11.2. The van der Waals surface area contributed by atoms with Gasteiger partial charge in [-0.15, -0.1) is 0 Å². The topological polar surface area (TPSA) is 61.8 Å². The molecule has 0 heterocycles. The highest BCUT2D eigenvalue weighted by Crippen LogP contribution is 2.33. The van der Waals surface area contributed by atoms with Crippen molar-refractivity contribution in [1.82, 2.24) is 0 Å². The maximum atomic E-state index is 11.2. The summed E-state index contributed by atoms with van der Waals surface area (Å²) in [6.45, 7) is 10.6. The number of hydrogen-bond acceptors (Lipinski definition) is 5. The van der Waals surface area contributed by atoms with Crippen LogP contribution in [-0.2, 0) is 19.7 Å².